The van der Waals surface area contributed by atoms with Crippen molar-refractivity contribution in [2.24, 2.45) is 0 Å². The summed E-state index contributed by atoms with van der Waals surface area (Å²) in [5.41, 5.74) is 1.68. The summed E-state index contributed by atoms with van der Waals surface area (Å²) in [6.07, 6.45) is 3.44. The fourth-order valence-corrected chi connectivity index (χ4v) is 2.24. The zero-order valence-corrected chi connectivity index (χ0v) is 10.5. The number of carbonyl (C=O) groups excluding carboxylic acids is 1. The highest BCUT2D eigenvalue weighted by atomic mass is 16.1. The minimum absolute atomic E-state index is 0.0664. The number of rotatable bonds is 2. The Labute approximate surface area is 111 Å². The fraction of sp³-hybridized carbons (Fsp3) is 0.0625. The van der Waals surface area contributed by atoms with Crippen LogP contribution in [0.5, 0.6) is 0 Å². The Bertz CT molecular complexity index is 751. The van der Waals surface area contributed by atoms with Gasteiger partial charge in [0.05, 0.1) is 0 Å². The zero-order valence-electron chi connectivity index (χ0n) is 10.5. The third kappa shape index (κ3) is 1.99. The average molecular weight is 248 g/mol. The molecule has 0 aliphatic carbocycles. The van der Waals surface area contributed by atoms with Gasteiger partial charge in [0.25, 0.3) is 0 Å². The van der Waals surface area contributed by atoms with Crippen LogP contribution in [0.2, 0.25) is 0 Å². The summed E-state index contributed by atoms with van der Waals surface area (Å²) in [7, 11) is 0. The van der Waals surface area contributed by atoms with Crippen molar-refractivity contribution < 1.29 is 4.79 Å². The standard InChI is InChI=1S/C16H12N2O/c1-11(19)12-7-8-15(16-17-9-4-10-18-16)14-6-3-2-5-13(12)14/h2-10H,1H3. The van der Waals surface area contributed by atoms with E-state index in [1.54, 1.807) is 25.4 Å². The Balaban J connectivity index is 2.35. The van der Waals surface area contributed by atoms with Crippen LogP contribution in [0.4, 0.5) is 0 Å². The van der Waals surface area contributed by atoms with Crippen LogP contribution < -0.4 is 0 Å². The van der Waals surface area contributed by atoms with Gasteiger partial charge in [-0.1, -0.05) is 30.3 Å². The van der Waals surface area contributed by atoms with Crippen LogP contribution >= 0.6 is 0 Å². The summed E-state index contributed by atoms with van der Waals surface area (Å²) in [4.78, 5) is 20.2. The van der Waals surface area contributed by atoms with Crippen molar-refractivity contribution in [2.45, 2.75) is 6.92 Å². The SMILES string of the molecule is CC(=O)c1ccc(-c2ncccn2)c2ccccc12. The second kappa shape index (κ2) is 4.61. The molecule has 0 atom stereocenters. The molecule has 0 radical (unpaired) electrons. The first-order valence-corrected chi connectivity index (χ1v) is 6.07. The molecule has 92 valence electrons. The topological polar surface area (TPSA) is 42.9 Å². The molecule has 3 rings (SSSR count). The second-order valence-corrected chi connectivity index (χ2v) is 4.33. The predicted molar refractivity (Wildman–Crippen MR) is 75.0 cm³/mol. The Morgan fingerprint density at radius 2 is 1.58 bits per heavy atom. The number of carbonyl (C=O) groups is 1. The third-order valence-electron chi connectivity index (χ3n) is 3.11. The molecule has 0 unspecified atom stereocenters. The minimum Gasteiger partial charge on any atom is -0.294 e. The van der Waals surface area contributed by atoms with Gasteiger partial charge in [-0.25, -0.2) is 9.97 Å². The smallest absolute Gasteiger partial charge is 0.160 e. The van der Waals surface area contributed by atoms with Crippen LogP contribution in [0.15, 0.2) is 54.9 Å². The summed E-state index contributed by atoms with van der Waals surface area (Å²) in [5.74, 6) is 0.741. The van der Waals surface area contributed by atoms with Crippen molar-refractivity contribution >= 4 is 16.6 Å². The molecule has 1 heterocycles. The molecular formula is C16H12N2O. The first-order chi connectivity index (χ1) is 9.27. The lowest BCUT2D eigenvalue weighted by Crippen LogP contribution is -1.96. The molecular weight excluding hydrogens is 236 g/mol. The predicted octanol–water partition coefficient (Wildman–Crippen LogP) is 3.50. The van der Waals surface area contributed by atoms with Crippen LogP contribution in [-0.4, -0.2) is 15.8 Å². The van der Waals surface area contributed by atoms with E-state index < -0.39 is 0 Å². The maximum atomic E-state index is 11.7. The van der Waals surface area contributed by atoms with Crippen LogP contribution in [0.3, 0.4) is 0 Å². The molecule has 3 nitrogen and oxygen atoms in total. The monoisotopic (exact) mass is 248 g/mol. The van der Waals surface area contributed by atoms with Crippen LogP contribution in [-0.2, 0) is 0 Å². The van der Waals surface area contributed by atoms with Gasteiger partial charge in [-0.15, -0.1) is 0 Å². The van der Waals surface area contributed by atoms with E-state index in [4.69, 9.17) is 0 Å². The first kappa shape index (κ1) is 11.5. The number of nitrogens with zero attached hydrogens (tertiary/aromatic N) is 2. The molecule has 3 aromatic rings. The molecule has 0 spiro atoms. The number of fused-ring (bicyclic) bond motifs is 1. The molecule has 0 saturated carbocycles. The van der Waals surface area contributed by atoms with E-state index in [1.807, 2.05) is 36.4 Å². The summed E-state index contributed by atoms with van der Waals surface area (Å²) in [6.45, 7) is 1.58. The fourth-order valence-electron chi connectivity index (χ4n) is 2.24. The Hall–Kier alpha value is -2.55. The van der Waals surface area contributed by atoms with E-state index in [0.29, 0.717) is 5.82 Å². The highest BCUT2D eigenvalue weighted by Crippen LogP contribution is 2.28. The lowest BCUT2D eigenvalue weighted by Gasteiger charge is -2.08. The molecule has 0 amide bonds. The van der Waals surface area contributed by atoms with Gasteiger partial charge in [0.1, 0.15) is 0 Å². The molecule has 1 aromatic heterocycles. The number of benzene rings is 2. The van der Waals surface area contributed by atoms with Crippen LogP contribution in [0.25, 0.3) is 22.2 Å². The van der Waals surface area contributed by atoms with Crippen molar-refractivity contribution in [2.75, 3.05) is 0 Å². The average Bonchev–Trinajstić information content (AvgIpc) is 2.47. The van der Waals surface area contributed by atoms with E-state index in [-0.39, 0.29) is 5.78 Å². The lowest BCUT2D eigenvalue weighted by molar-refractivity contribution is 0.101. The van der Waals surface area contributed by atoms with Gasteiger partial charge >= 0.3 is 0 Å². The largest absolute Gasteiger partial charge is 0.294 e. The molecule has 19 heavy (non-hydrogen) atoms. The van der Waals surface area contributed by atoms with Gasteiger partial charge in [-0.2, -0.15) is 0 Å². The summed E-state index contributed by atoms with van der Waals surface area (Å²) in [6, 6.07) is 13.4. The lowest BCUT2D eigenvalue weighted by atomic mass is 9.97. The Morgan fingerprint density at radius 1 is 0.895 bits per heavy atom. The van der Waals surface area contributed by atoms with E-state index in [9.17, 15) is 4.79 Å². The minimum atomic E-state index is 0.0664. The summed E-state index contributed by atoms with van der Waals surface area (Å²) >= 11 is 0. The van der Waals surface area contributed by atoms with Gasteiger partial charge in [0, 0.05) is 23.5 Å². The zero-order chi connectivity index (χ0) is 13.2. The van der Waals surface area contributed by atoms with Gasteiger partial charge in [-0.05, 0) is 29.8 Å². The third-order valence-corrected chi connectivity index (χ3v) is 3.11. The van der Waals surface area contributed by atoms with Crippen molar-refractivity contribution in [1.82, 2.24) is 9.97 Å². The molecule has 0 aliphatic rings. The highest BCUT2D eigenvalue weighted by Gasteiger charge is 2.11. The van der Waals surface area contributed by atoms with E-state index in [1.165, 1.54) is 0 Å². The Morgan fingerprint density at radius 3 is 2.26 bits per heavy atom. The molecule has 2 aromatic carbocycles. The Kier molecular flexibility index (Phi) is 2.80. The van der Waals surface area contributed by atoms with E-state index in [2.05, 4.69) is 9.97 Å². The van der Waals surface area contributed by atoms with E-state index in [0.717, 1.165) is 21.9 Å². The maximum absolute atomic E-state index is 11.7. The molecule has 0 saturated heterocycles. The normalized spacial score (nSPS) is 10.6. The number of aromatic nitrogens is 2. The molecule has 0 fully saturated rings. The van der Waals surface area contributed by atoms with Crippen molar-refractivity contribution in [3.8, 4) is 11.4 Å². The maximum Gasteiger partial charge on any atom is 0.160 e. The van der Waals surface area contributed by atoms with Crippen LogP contribution in [0.1, 0.15) is 17.3 Å². The van der Waals surface area contributed by atoms with Crippen molar-refractivity contribution in [3.63, 3.8) is 0 Å². The summed E-state index contributed by atoms with van der Waals surface area (Å²) in [5, 5.41) is 1.95. The molecule has 0 N–H and O–H groups in total. The van der Waals surface area contributed by atoms with Crippen LogP contribution in [0, 0.1) is 0 Å². The summed E-state index contributed by atoms with van der Waals surface area (Å²) < 4.78 is 0. The van der Waals surface area contributed by atoms with E-state index >= 15 is 0 Å². The second-order valence-electron chi connectivity index (χ2n) is 4.33. The molecule has 0 aliphatic heterocycles. The first-order valence-electron chi connectivity index (χ1n) is 6.07. The molecule has 3 heteroatoms. The molecule has 0 bridgehead atoms. The van der Waals surface area contributed by atoms with Crippen molar-refractivity contribution in [1.29, 1.82) is 0 Å². The van der Waals surface area contributed by atoms with Crippen molar-refractivity contribution in [3.05, 3.63) is 60.4 Å². The number of Topliss-reactive ketones (excluding diaryl/α,β-unsaturated/α-hetero) is 1. The van der Waals surface area contributed by atoms with Gasteiger partial charge in [0.15, 0.2) is 11.6 Å². The quantitative estimate of drug-likeness (QED) is 0.652. The number of hydrogen-bond donors (Lipinski definition) is 0. The highest BCUT2D eigenvalue weighted by molar-refractivity contribution is 6.10. The number of hydrogen-bond acceptors (Lipinski definition) is 3. The van der Waals surface area contributed by atoms with Gasteiger partial charge < -0.3 is 0 Å². The number of ketones is 1. The van der Waals surface area contributed by atoms with Gasteiger partial charge in [0.2, 0.25) is 0 Å². The van der Waals surface area contributed by atoms with Gasteiger partial charge in [-0.3, -0.25) is 4.79 Å².